The average Bonchev–Trinajstić information content (AvgIpc) is 2.38. The summed E-state index contributed by atoms with van der Waals surface area (Å²) in [4.78, 5) is 10.7. The lowest BCUT2D eigenvalue weighted by atomic mass is 10.1. The van der Waals surface area contributed by atoms with Crippen LogP contribution in [0.15, 0.2) is 12.4 Å². The number of aliphatic hydroxyl groups excluding tert-OH is 1. The van der Waals surface area contributed by atoms with E-state index in [-0.39, 0.29) is 6.61 Å². The fourth-order valence-electron chi connectivity index (χ4n) is 1.92. The zero-order chi connectivity index (χ0) is 11.2. The molecule has 0 atom stereocenters. The number of aliphatic hydroxyl groups is 1. The molecule has 1 aliphatic heterocycles. The van der Waals surface area contributed by atoms with Crippen LogP contribution in [0.1, 0.15) is 19.3 Å². The number of aromatic nitrogens is 2. The summed E-state index contributed by atoms with van der Waals surface area (Å²) in [6, 6.07) is 1.95. The minimum atomic E-state index is 0.114. The number of hydrogen-bond donors (Lipinski definition) is 2. The van der Waals surface area contributed by atoms with Gasteiger partial charge in [0.1, 0.15) is 18.0 Å². The number of piperidine rings is 1. The lowest BCUT2D eigenvalue weighted by Gasteiger charge is -2.27. The largest absolute Gasteiger partial charge is 0.395 e. The van der Waals surface area contributed by atoms with Crippen LogP contribution in [0.4, 0.5) is 11.6 Å². The molecule has 0 aromatic carbocycles. The van der Waals surface area contributed by atoms with Gasteiger partial charge in [0.25, 0.3) is 0 Å². The summed E-state index contributed by atoms with van der Waals surface area (Å²) in [6.45, 7) is 2.80. The molecule has 0 spiro atoms. The highest BCUT2D eigenvalue weighted by Crippen LogP contribution is 2.18. The smallest absolute Gasteiger partial charge is 0.134 e. The molecule has 1 saturated heterocycles. The summed E-state index contributed by atoms with van der Waals surface area (Å²) in [5.41, 5.74) is 0. The first-order valence-corrected chi connectivity index (χ1v) is 5.82. The van der Waals surface area contributed by atoms with Crippen molar-refractivity contribution in [2.75, 3.05) is 36.5 Å². The van der Waals surface area contributed by atoms with Gasteiger partial charge in [0.15, 0.2) is 0 Å². The van der Waals surface area contributed by atoms with Gasteiger partial charge in [-0.1, -0.05) is 0 Å². The maximum Gasteiger partial charge on any atom is 0.134 e. The van der Waals surface area contributed by atoms with Crippen LogP contribution in [0, 0.1) is 0 Å². The molecular weight excluding hydrogens is 204 g/mol. The lowest BCUT2D eigenvalue weighted by molar-refractivity contribution is 0.311. The van der Waals surface area contributed by atoms with Crippen molar-refractivity contribution in [3.8, 4) is 0 Å². The van der Waals surface area contributed by atoms with Crippen molar-refractivity contribution in [3.05, 3.63) is 12.4 Å². The minimum absolute atomic E-state index is 0.114. The molecule has 5 heteroatoms. The highest BCUT2D eigenvalue weighted by molar-refractivity contribution is 5.48. The zero-order valence-electron chi connectivity index (χ0n) is 9.39. The number of rotatable bonds is 4. The van der Waals surface area contributed by atoms with Crippen LogP contribution in [0.5, 0.6) is 0 Å². The van der Waals surface area contributed by atoms with E-state index in [0.29, 0.717) is 6.54 Å². The van der Waals surface area contributed by atoms with E-state index >= 15 is 0 Å². The normalized spacial score (nSPS) is 16.2. The van der Waals surface area contributed by atoms with Gasteiger partial charge in [-0.15, -0.1) is 0 Å². The van der Waals surface area contributed by atoms with Crippen molar-refractivity contribution in [1.82, 2.24) is 9.97 Å². The van der Waals surface area contributed by atoms with Crippen LogP contribution in [0.25, 0.3) is 0 Å². The van der Waals surface area contributed by atoms with Gasteiger partial charge in [0, 0.05) is 25.7 Å². The Labute approximate surface area is 95.5 Å². The standard InChI is InChI=1S/C11H18N4O/c16-7-4-12-10-8-11(14-9-13-10)15-5-2-1-3-6-15/h8-9,16H,1-7H2,(H,12,13,14). The van der Waals surface area contributed by atoms with E-state index in [1.807, 2.05) is 6.07 Å². The molecule has 1 aromatic rings. The summed E-state index contributed by atoms with van der Waals surface area (Å²) in [5.74, 6) is 1.76. The van der Waals surface area contributed by atoms with E-state index in [9.17, 15) is 0 Å². The second kappa shape index (κ2) is 5.65. The molecule has 88 valence electrons. The predicted molar refractivity (Wildman–Crippen MR) is 63.7 cm³/mol. The summed E-state index contributed by atoms with van der Waals surface area (Å²) in [6.07, 6.45) is 5.37. The van der Waals surface area contributed by atoms with Crippen molar-refractivity contribution in [1.29, 1.82) is 0 Å². The topological polar surface area (TPSA) is 61.3 Å². The molecular formula is C11H18N4O. The second-order valence-corrected chi connectivity index (χ2v) is 3.96. The fraction of sp³-hybridized carbons (Fsp3) is 0.636. The molecule has 2 rings (SSSR count). The number of anilines is 2. The highest BCUT2D eigenvalue weighted by atomic mass is 16.3. The third-order valence-electron chi connectivity index (χ3n) is 2.75. The van der Waals surface area contributed by atoms with Gasteiger partial charge in [-0.05, 0) is 19.3 Å². The van der Waals surface area contributed by atoms with E-state index in [1.165, 1.54) is 19.3 Å². The van der Waals surface area contributed by atoms with E-state index < -0.39 is 0 Å². The van der Waals surface area contributed by atoms with Crippen LogP contribution < -0.4 is 10.2 Å². The van der Waals surface area contributed by atoms with Gasteiger partial charge in [0.2, 0.25) is 0 Å². The molecule has 0 amide bonds. The lowest BCUT2D eigenvalue weighted by Crippen LogP contribution is -2.30. The molecule has 0 bridgehead atoms. The molecule has 16 heavy (non-hydrogen) atoms. The Balaban J connectivity index is 2.02. The van der Waals surface area contributed by atoms with Gasteiger partial charge in [-0.2, -0.15) is 0 Å². The van der Waals surface area contributed by atoms with Gasteiger partial charge in [-0.3, -0.25) is 0 Å². The van der Waals surface area contributed by atoms with Crippen molar-refractivity contribution >= 4 is 11.6 Å². The third-order valence-corrected chi connectivity index (χ3v) is 2.75. The van der Waals surface area contributed by atoms with Gasteiger partial charge >= 0.3 is 0 Å². The molecule has 0 saturated carbocycles. The SMILES string of the molecule is OCCNc1cc(N2CCCCC2)ncn1. The Bertz CT molecular complexity index is 326. The maximum absolute atomic E-state index is 8.73. The Morgan fingerprint density at radius 1 is 1.25 bits per heavy atom. The zero-order valence-corrected chi connectivity index (χ0v) is 9.39. The Kier molecular flexibility index (Phi) is 3.93. The van der Waals surface area contributed by atoms with Crippen LogP contribution in [0.3, 0.4) is 0 Å². The van der Waals surface area contributed by atoms with Crippen molar-refractivity contribution in [2.24, 2.45) is 0 Å². The molecule has 0 radical (unpaired) electrons. The third kappa shape index (κ3) is 2.82. The molecule has 1 aliphatic rings. The quantitative estimate of drug-likeness (QED) is 0.791. The Morgan fingerprint density at radius 3 is 2.81 bits per heavy atom. The highest BCUT2D eigenvalue weighted by Gasteiger charge is 2.12. The Morgan fingerprint density at radius 2 is 2.06 bits per heavy atom. The van der Waals surface area contributed by atoms with Crippen molar-refractivity contribution in [3.63, 3.8) is 0 Å². The molecule has 1 aromatic heterocycles. The first kappa shape index (κ1) is 11.1. The molecule has 1 fully saturated rings. The van der Waals surface area contributed by atoms with Gasteiger partial charge in [0.05, 0.1) is 6.61 Å². The van der Waals surface area contributed by atoms with E-state index in [4.69, 9.17) is 5.11 Å². The number of hydrogen-bond acceptors (Lipinski definition) is 5. The molecule has 5 nitrogen and oxygen atoms in total. The summed E-state index contributed by atoms with van der Waals surface area (Å²) < 4.78 is 0. The fourth-order valence-corrected chi connectivity index (χ4v) is 1.92. The molecule has 2 heterocycles. The van der Waals surface area contributed by atoms with Crippen LogP contribution >= 0.6 is 0 Å². The first-order valence-electron chi connectivity index (χ1n) is 5.82. The van der Waals surface area contributed by atoms with E-state index in [2.05, 4.69) is 20.2 Å². The average molecular weight is 222 g/mol. The number of nitrogens with zero attached hydrogens (tertiary/aromatic N) is 3. The van der Waals surface area contributed by atoms with Crippen molar-refractivity contribution in [2.45, 2.75) is 19.3 Å². The molecule has 0 unspecified atom stereocenters. The van der Waals surface area contributed by atoms with Crippen LogP contribution in [-0.2, 0) is 0 Å². The summed E-state index contributed by atoms with van der Waals surface area (Å²) >= 11 is 0. The van der Waals surface area contributed by atoms with Crippen molar-refractivity contribution < 1.29 is 5.11 Å². The Hall–Kier alpha value is -1.36. The molecule has 0 aliphatic carbocycles. The second-order valence-electron chi connectivity index (χ2n) is 3.96. The maximum atomic E-state index is 8.73. The number of nitrogens with one attached hydrogen (secondary N) is 1. The predicted octanol–water partition coefficient (Wildman–Crippen LogP) is 0.871. The first-order chi connectivity index (χ1) is 7.90. The molecule has 2 N–H and O–H groups in total. The monoisotopic (exact) mass is 222 g/mol. The van der Waals surface area contributed by atoms with E-state index in [0.717, 1.165) is 24.7 Å². The van der Waals surface area contributed by atoms with Gasteiger partial charge in [-0.25, -0.2) is 9.97 Å². The minimum Gasteiger partial charge on any atom is -0.395 e. The van der Waals surface area contributed by atoms with Gasteiger partial charge < -0.3 is 15.3 Å². The summed E-state index contributed by atoms with van der Waals surface area (Å²) in [5, 5.41) is 11.8. The van der Waals surface area contributed by atoms with Crippen LogP contribution in [0.2, 0.25) is 0 Å². The summed E-state index contributed by atoms with van der Waals surface area (Å²) in [7, 11) is 0. The van der Waals surface area contributed by atoms with E-state index in [1.54, 1.807) is 6.33 Å². The van der Waals surface area contributed by atoms with Crippen LogP contribution in [-0.4, -0.2) is 41.3 Å².